The molecule has 1 atom stereocenters. The van der Waals surface area contributed by atoms with E-state index < -0.39 is 11.9 Å². The van der Waals surface area contributed by atoms with Crippen molar-refractivity contribution in [1.29, 1.82) is 0 Å². The van der Waals surface area contributed by atoms with Crippen LogP contribution in [0.3, 0.4) is 0 Å². The first-order valence-corrected chi connectivity index (χ1v) is 8.64. The van der Waals surface area contributed by atoms with Crippen molar-refractivity contribution in [3.8, 4) is 0 Å². The van der Waals surface area contributed by atoms with Crippen LogP contribution in [0.4, 0.5) is 0 Å². The Morgan fingerprint density at radius 3 is 2.32 bits per heavy atom. The summed E-state index contributed by atoms with van der Waals surface area (Å²) in [4.78, 5) is 24.4. The first-order valence-electron chi connectivity index (χ1n) is 8.64. The normalized spacial score (nSPS) is 12.6. The van der Waals surface area contributed by atoms with E-state index in [9.17, 15) is 14.7 Å². The molecule has 0 bridgehead atoms. The van der Waals surface area contributed by atoms with Crippen LogP contribution in [0, 0.1) is 5.92 Å². The number of aliphatic carboxylic acids is 1. The van der Waals surface area contributed by atoms with Crippen LogP contribution >= 0.6 is 0 Å². The van der Waals surface area contributed by atoms with Crippen LogP contribution in [0.25, 0.3) is 21.5 Å². The molecule has 25 heavy (non-hydrogen) atoms. The third-order valence-electron chi connectivity index (χ3n) is 4.69. The highest BCUT2D eigenvalue weighted by molar-refractivity contribution is 5.93. The van der Waals surface area contributed by atoms with Gasteiger partial charge >= 0.3 is 0 Å². The van der Waals surface area contributed by atoms with E-state index in [2.05, 4.69) is 13.8 Å². The Morgan fingerprint density at radius 1 is 0.920 bits per heavy atom. The Morgan fingerprint density at radius 2 is 1.60 bits per heavy atom. The molecule has 0 aromatic heterocycles. The molecule has 3 rings (SSSR count). The lowest BCUT2D eigenvalue weighted by atomic mass is 9.90. The molecule has 128 valence electrons. The maximum absolute atomic E-state index is 12.8. The van der Waals surface area contributed by atoms with Gasteiger partial charge in [0.25, 0.3) is 0 Å². The fourth-order valence-corrected chi connectivity index (χ4v) is 3.24. The highest BCUT2D eigenvalue weighted by atomic mass is 16.4. The minimum atomic E-state index is -1.06. The molecule has 3 nitrogen and oxygen atoms in total. The molecule has 0 aliphatic carbocycles. The number of carbonyl (C=O) groups is 1. The molecule has 0 aliphatic heterocycles. The Kier molecular flexibility index (Phi) is 4.84. The molecule has 0 heterocycles. The molecule has 3 aromatic carbocycles. The summed E-state index contributed by atoms with van der Waals surface area (Å²) >= 11 is 0. The van der Waals surface area contributed by atoms with Gasteiger partial charge in [-0.3, -0.25) is 4.79 Å². The first kappa shape index (κ1) is 17.2. The molecule has 0 spiro atoms. The molecule has 3 heteroatoms. The van der Waals surface area contributed by atoms with Crippen molar-refractivity contribution in [1.82, 2.24) is 0 Å². The van der Waals surface area contributed by atoms with Gasteiger partial charge in [0.15, 0.2) is 5.43 Å². The zero-order valence-electron chi connectivity index (χ0n) is 14.5. The predicted molar refractivity (Wildman–Crippen MR) is 99.5 cm³/mol. The van der Waals surface area contributed by atoms with Crippen molar-refractivity contribution in [3.63, 3.8) is 0 Å². The summed E-state index contributed by atoms with van der Waals surface area (Å²) in [6.45, 7) is 4.14. The van der Waals surface area contributed by atoms with Crippen molar-refractivity contribution in [2.24, 2.45) is 5.92 Å². The second-order valence-corrected chi connectivity index (χ2v) is 6.94. The number of carboxylic acids is 1. The van der Waals surface area contributed by atoms with E-state index in [1.54, 1.807) is 12.1 Å². The predicted octanol–water partition coefficient (Wildman–Crippen LogP) is 3.62. The van der Waals surface area contributed by atoms with E-state index in [1.165, 1.54) is 0 Å². The molecule has 0 saturated heterocycles. The van der Waals surface area contributed by atoms with Gasteiger partial charge in [0.1, 0.15) is 0 Å². The third kappa shape index (κ3) is 3.55. The molecule has 0 aliphatic rings. The zero-order valence-corrected chi connectivity index (χ0v) is 14.5. The van der Waals surface area contributed by atoms with Gasteiger partial charge < -0.3 is 9.90 Å². The maximum atomic E-state index is 12.8. The van der Waals surface area contributed by atoms with E-state index in [0.717, 1.165) is 17.2 Å². The number of hydrogen-bond donors (Lipinski definition) is 0. The average Bonchev–Trinajstić information content (AvgIpc) is 2.72. The van der Waals surface area contributed by atoms with Gasteiger partial charge in [0, 0.05) is 22.7 Å². The lowest BCUT2D eigenvalue weighted by Gasteiger charge is -2.19. The summed E-state index contributed by atoms with van der Waals surface area (Å²) in [6.07, 6.45) is 1.35. The first-order chi connectivity index (χ1) is 12.0. The standard InChI is InChI=1S/C22H22O3/c1-14(2)7-11-20(22(24)25)17-10-12-19-16(13-17)9-8-15-5-3-4-6-18(15)21(19)23/h3-6,8-10,12-14,20H,7,11H2,1-2H3,(H,24,25)/p-1. The summed E-state index contributed by atoms with van der Waals surface area (Å²) in [6, 6.07) is 16.6. The van der Waals surface area contributed by atoms with Gasteiger partial charge in [-0.1, -0.05) is 74.9 Å². The molecule has 0 N–H and O–H groups in total. The number of hydrogen-bond acceptors (Lipinski definition) is 3. The van der Waals surface area contributed by atoms with E-state index in [-0.39, 0.29) is 5.43 Å². The molecule has 3 aromatic rings. The summed E-state index contributed by atoms with van der Waals surface area (Å²) in [5.41, 5.74) is 0.664. The Labute approximate surface area is 146 Å². The van der Waals surface area contributed by atoms with Crippen molar-refractivity contribution < 1.29 is 9.90 Å². The van der Waals surface area contributed by atoms with E-state index in [4.69, 9.17) is 0 Å². The van der Waals surface area contributed by atoms with Gasteiger partial charge in [0.05, 0.1) is 0 Å². The fraction of sp³-hybridized carbons (Fsp3) is 0.273. The lowest BCUT2D eigenvalue weighted by Crippen LogP contribution is -2.30. The van der Waals surface area contributed by atoms with E-state index in [1.807, 2.05) is 42.5 Å². The smallest absolute Gasteiger partial charge is 0.194 e. The topological polar surface area (TPSA) is 57.2 Å². The van der Waals surface area contributed by atoms with Crippen LogP contribution < -0.4 is 10.5 Å². The molecular formula is C22H21O3-. The number of carbonyl (C=O) groups excluding carboxylic acids is 1. The summed E-state index contributed by atoms with van der Waals surface area (Å²) in [5, 5.41) is 14.5. The summed E-state index contributed by atoms with van der Waals surface area (Å²) in [7, 11) is 0. The SMILES string of the molecule is CC(C)CCC(C(=O)[O-])c1ccc2c(=O)c3ccccc3ccc2c1. The van der Waals surface area contributed by atoms with Crippen LogP contribution in [0.2, 0.25) is 0 Å². The van der Waals surface area contributed by atoms with Crippen LogP contribution in [-0.4, -0.2) is 5.97 Å². The van der Waals surface area contributed by atoms with Gasteiger partial charge in [0.2, 0.25) is 0 Å². The van der Waals surface area contributed by atoms with E-state index >= 15 is 0 Å². The summed E-state index contributed by atoms with van der Waals surface area (Å²) in [5.74, 6) is -1.28. The van der Waals surface area contributed by atoms with Crippen molar-refractivity contribution >= 4 is 27.5 Å². The van der Waals surface area contributed by atoms with Crippen molar-refractivity contribution in [2.75, 3.05) is 0 Å². The van der Waals surface area contributed by atoms with Crippen LogP contribution in [0.5, 0.6) is 0 Å². The third-order valence-corrected chi connectivity index (χ3v) is 4.69. The van der Waals surface area contributed by atoms with Crippen LogP contribution in [0.1, 0.15) is 38.2 Å². The number of fused-ring (bicyclic) bond motifs is 2. The second kappa shape index (κ2) is 7.06. The average molecular weight is 333 g/mol. The van der Waals surface area contributed by atoms with Gasteiger partial charge in [-0.15, -0.1) is 0 Å². The molecule has 0 amide bonds. The Hall–Kier alpha value is -2.68. The molecule has 0 saturated carbocycles. The lowest BCUT2D eigenvalue weighted by molar-refractivity contribution is -0.308. The van der Waals surface area contributed by atoms with Gasteiger partial charge in [-0.25, -0.2) is 0 Å². The molecule has 1 unspecified atom stereocenters. The Balaban J connectivity index is 2.15. The number of rotatable bonds is 5. The largest absolute Gasteiger partial charge is 0.549 e. The highest BCUT2D eigenvalue weighted by Crippen LogP contribution is 2.26. The Bertz CT molecular complexity index is 989. The highest BCUT2D eigenvalue weighted by Gasteiger charge is 2.14. The van der Waals surface area contributed by atoms with Gasteiger partial charge in [-0.2, -0.15) is 0 Å². The minimum Gasteiger partial charge on any atom is -0.549 e. The van der Waals surface area contributed by atoms with E-state index in [0.29, 0.717) is 28.7 Å². The summed E-state index contributed by atoms with van der Waals surface area (Å²) < 4.78 is 0. The fourth-order valence-electron chi connectivity index (χ4n) is 3.24. The quantitative estimate of drug-likeness (QED) is 0.716. The zero-order chi connectivity index (χ0) is 18.0. The van der Waals surface area contributed by atoms with Gasteiger partial charge in [-0.05, 0) is 28.7 Å². The van der Waals surface area contributed by atoms with Crippen molar-refractivity contribution in [3.05, 3.63) is 70.4 Å². The minimum absolute atomic E-state index is 0.0330. The number of carboxylic acid groups (broad SMARTS) is 1. The molecular weight excluding hydrogens is 312 g/mol. The maximum Gasteiger partial charge on any atom is 0.194 e. The second-order valence-electron chi connectivity index (χ2n) is 6.94. The number of benzene rings is 2. The monoisotopic (exact) mass is 333 g/mol. The molecule has 0 radical (unpaired) electrons. The molecule has 0 fully saturated rings. The van der Waals surface area contributed by atoms with Crippen LogP contribution in [-0.2, 0) is 4.79 Å². The van der Waals surface area contributed by atoms with Crippen molar-refractivity contribution in [2.45, 2.75) is 32.6 Å². The van der Waals surface area contributed by atoms with Crippen LogP contribution in [0.15, 0.2) is 59.4 Å².